The van der Waals surface area contributed by atoms with Crippen molar-refractivity contribution in [1.82, 2.24) is 14.7 Å². The van der Waals surface area contributed by atoms with Crippen LogP contribution in [-0.4, -0.2) is 91.7 Å². The molecule has 330 valence electrons. The second kappa shape index (κ2) is 25.7. The van der Waals surface area contributed by atoms with Gasteiger partial charge in [-0.05, 0) is 79.5 Å². The van der Waals surface area contributed by atoms with Crippen molar-refractivity contribution in [2.24, 2.45) is 4.99 Å². The number of benzene rings is 2. The Morgan fingerprint density at radius 1 is 1.12 bits per heavy atom. The summed E-state index contributed by atoms with van der Waals surface area (Å²) in [6.07, 6.45) is 9.24. The number of nitrogens with zero attached hydrogens (tertiary/aromatic N) is 5. The number of nitrogens with one attached hydrogen (secondary N) is 2. The van der Waals surface area contributed by atoms with Gasteiger partial charge in [-0.1, -0.05) is 25.4 Å². The van der Waals surface area contributed by atoms with Crippen molar-refractivity contribution in [1.29, 1.82) is 0 Å². The van der Waals surface area contributed by atoms with Crippen LogP contribution < -0.4 is 25.2 Å². The standard InChI is InChI=1S/C15H15ClFN3O3S2.C13H19N3O4.C3H8NO5P.C3H9S/c1-23-13(21)8-24-12-7-11(10(17)6-9(12)16)18-14-19-4-2-3-5-20(19)15(22)25-14;1-5-10(6-2)14-12-11(15(17)18)7-8(3)9(4)13(12)16(19)20;5-3(6)1-4-2-10(7,8)9;1-4(2)3/h6-7H,2-5,8H2,1H3;7,10,14H,5-6H2,1-4H3;4H,1-2H2,(H,5,6)(H2,7,8,9);1-3H3/q;;;+1/p-1. The van der Waals surface area contributed by atoms with E-state index in [0.717, 1.165) is 54.8 Å². The molecule has 0 saturated heterocycles. The summed E-state index contributed by atoms with van der Waals surface area (Å²) in [6, 6.07) is 3.99. The van der Waals surface area contributed by atoms with E-state index < -0.39 is 48.0 Å². The van der Waals surface area contributed by atoms with Gasteiger partial charge >= 0.3 is 22.5 Å². The molecule has 1 unspecified atom stereocenters. The molecule has 0 bridgehead atoms. The van der Waals surface area contributed by atoms with Gasteiger partial charge in [0.05, 0.1) is 59.3 Å². The highest BCUT2D eigenvalue weighted by Gasteiger charge is 2.30. The number of carboxylic acid groups (broad SMARTS) is 1. The number of thioether (sulfide) groups is 1. The van der Waals surface area contributed by atoms with E-state index in [2.05, 4.69) is 33.8 Å². The van der Waals surface area contributed by atoms with Crippen LogP contribution in [0, 0.1) is 39.9 Å². The summed E-state index contributed by atoms with van der Waals surface area (Å²) in [6.45, 7) is 7.95. The number of aliphatic carboxylic acids is 1. The number of ether oxygens (including phenoxy) is 1. The molecule has 2 aromatic carbocycles. The lowest BCUT2D eigenvalue weighted by Crippen LogP contribution is -2.31. The lowest BCUT2D eigenvalue weighted by molar-refractivity contribution is -0.392. The molecule has 59 heavy (non-hydrogen) atoms. The number of hydrogen-bond donors (Lipinski definition) is 4. The number of hydrogen-bond acceptors (Lipinski definition) is 15. The van der Waals surface area contributed by atoms with Crippen molar-refractivity contribution in [3.8, 4) is 0 Å². The molecule has 0 radical (unpaired) electrons. The van der Waals surface area contributed by atoms with Crippen molar-refractivity contribution in [2.45, 2.75) is 77.4 Å². The van der Waals surface area contributed by atoms with Crippen LogP contribution in [0.2, 0.25) is 5.02 Å². The highest BCUT2D eigenvalue weighted by atomic mass is 35.5. The Kier molecular flexibility index (Phi) is 23.2. The number of carbonyl (C=O) groups is 2. The molecule has 4 N–H and O–H groups in total. The first-order chi connectivity index (χ1) is 27.5. The molecule has 4 rings (SSSR count). The zero-order chi connectivity index (χ0) is 45.2. The number of carboxylic acids is 1. The molecule has 0 aliphatic carbocycles. The van der Waals surface area contributed by atoms with E-state index in [-0.39, 0.29) is 44.4 Å². The molecule has 19 nitrogen and oxygen atoms in total. The Balaban J connectivity index is 0.000000456. The van der Waals surface area contributed by atoms with E-state index in [1.54, 1.807) is 23.2 Å². The number of nitro groups is 2. The fourth-order valence-corrected chi connectivity index (χ4v) is 7.21. The molecule has 1 aromatic heterocycles. The molecule has 1 atom stereocenters. The maximum Gasteiger partial charge on any atom is 0.325 e. The second-order valence-electron chi connectivity index (χ2n) is 12.9. The van der Waals surface area contributed by atoms with Crippen LogP contribution in [0.15, 0.2) is 32.9 Å². The van der Waals surface area contributed by atoms with Gasteiger partial charge in [-0.15, -0.1) is 11.8 Å². The summed E-state index contributed by atoms with van der Waals surface area (Å²) >= 11 is 8.17. The van der Waals surface area contributed by atoms with E-state index in [1.807, 2.05) is 19.2 Å². The van der Waals surface area contributed by atoms with Gasteiger partial charge in [0.25, 0.3) is 5.69 Å². The molecule has 2 heterocycles. The van der Waals surface area contributed by atoms with E-state index >= 15 is 0 Å². The molecule has 1 aliphatic heterocycles. The molecular formula is C34H50ClFN7O12PS3. The number of esters is 1. The first-order valence-electron chi connectivity index (χ1n) is 17.7. The highest BCUT2D eigenvalue weighted by Crippen LogP contribution is 2.40. The first-order valence-corrected chi connectivity index (χ1v) is 24.0. The lowest BCUT2D eigenvalue weighted by Gasteiger charge is -2.17. The zero-order valence-electron chi connectivity index (χ0n) is 33.8. The van der Waals surface area contributed by atoms with E-state index in [0.29, 0.717) is 44.8 Å². The van der Waals surface area contributed by atoms with Crippen molar-refractivity contribution in [3.05, 3.63) is 74.9 Å². The molecule has 0 spiro atoms. The Hall–Kier alpha value is -3.83. The average Bonchev–Trinajstić information content (AvgIpc) is 3.46. The summed E-state index contributed by atoms with van der Waals surface area (Å²) in [5.41, 5.74) is 0.638. The smallest absolute Gasteiger partial charge is 0.325 e. The highest BCUT2D eigenvalue weighted by molar-refractivity contribution is 8.00. The van der Waals surface area contributed by atoms with Gasteiger partial charge < -0.3 is 29.5 Å². The molecular weight excluding hydrogens is 880 g/mol. The molecule has 3 aromatic rings. The monoisotopic (exact) mass is 929 g/mol. The van der Waals surface area contributed by atoms with Crippen LogP contribution in [0.1, 0.15) is 50.7 Å². The fraction of sp³-hybridized carbons (Fsp3) is 0.529. The van der Waals surface area contributed by atoms with E-state index in [1.165, 1.54) is 19.2 Å². The third-order valence-electron chi connectivity index (χ3n) is 7.78. The van der Waals surface area contributed by atoms with Crippen molar-refractivity contribution in [2.75, 3.05) is 49.8 Å². The van der Waals surface area contributed by atoms with Crippen molar-refractivity contribution in [3.63, 3.8) is 0 Å². The van der Waals surface area contributed by atoms with Crippen LogP contribution in [0.5, 0.6) is 0 Å². The van der Waals surface area contributed by atoms with Crippen LogP contribution in [-0.2, 0) is 42.9 Å². The van der Waals surface area contributed by atoms with E-state index in [9.17, 15) is 48.5 Å². The summed E-state index contributed by atoms with van der Waals surface area (Å²) < 4.78 is 32.2. The lowest BCUT2D eigenvalue weighted by atomic mass is 10.0. The second-order valence-corrected chi connectivity index (χ2v) is 19.3. The largest absolute Gasteiger partial charge is 0.778 e. The van der Waals surface area contributed by atoms with Gasteiger partial charge in [0.1, 0.15) is 19.1 Å². The number of nitro benzene ring substituents is 2. The predicted molar refractivity (Wildman–Crippen MR) is 228 cm³/mol. The fourth-order valence-electron chi connectivity index (χ4n) is 4.83. The number of rotatable bonds is 14. The van der Waals surface area contributed by atoms with E-state index in [4.69, 9.17) is 21.6 Å². The minimum absolute atomic E-state index is 0.0109. The number of aryl methyl sites for hydroxylation is 1. The maximum absolute atomic E-state index is 14.3. The number of carbonyl (C=O) groups excluding carboxylic acids is 1. The third-order valence-corrected chi connectivity index (χ3v) is 10.7. The Morgan fingerprint density at radius 2 is 1.69 bits per heavy atom. The average molecular weight is 930 g/mol. The van der Waals surface area contributed by atoms with Gasteiger partial charge in [0.15, 0.2) is 5.69 Å². The summed E-state index contributed by atoms with van der Waals surface area (Å²) in [5, 5.41) is 35.6. The van der Waals surface area contributed by atoms with Crippen LogP contribution in [0.3, 0.4) is 0 Å². The SMILES string of the molecule is CCC(CC)Nc1c([N+](=O)[O-])cc(C)c(C)c1[N+](=O)[O-].COC(=O)CSc1cc(N=c2sc(=O)n3n2CCCC3)c(F)cc1Cl.C[S+](C)C.O=C(O)CNCP(=O)([O-])O. The normalized spacial score (nSPS) is 13.1. The molecule has 0 amide bonds. The van der Waals surface area contributed by atoms with Crippen LogP contribution in [0.4, 0.5) is 27.1 Å². The molecule has 1 aliphatic rings. The van der Waals surface area contributed by atoms with Gasteiger partial charge in [-0.3, -0.25) is 44.6 Å². The number of halogens is 2. The van der Waals surface area contributed by atoms with Gasteiger partial charge in [-0.25, -0.2) is 14.1 Å². The Labute approximate surface area is 356 Å². The predicted octanol–water partition coefficient (Wildman–Crippen LogP) is 5.17. The minimum atomic E-state index is -4.35. The summed E-state index contributed by atoms with van der Waals surface area (Å²) in [7, 11) is -2.41. The number of methoxy groups -OCH3 is 1. The zero-order valence-corrected chi connectivity index (χ0v) is 37.9. The molecule has 0 saturated carbocycles. The Bertz CT molecular complexity index is 2100. The number of aromatic nitrogens is 2. The minimum Gasteiger partial charge on any atom is -0.778 e. The summed E-state index contributed by atoms with van der Waals surface area (Å²) in [4.78, 5) is 77.6. The van der Waals surface area contributed by atoms with Crippen LogP contribution in [0.25, 0.3) is 0 Å². The molecule has 0 fully saturated rings. The van der Waals surface area contributed by atoms with Gasteiger partial charge in [0, 0.05) is 35.7 Å². The van der Waals surface area contributed by atoms with Gasteiger partial charge in [-0.2, -0.15) is 0 Å². The van der Waals surface area contributed by atoms with Crippen molar-refractivity contribution < 1.29 is 48.0 Å². The van der Waals surface area contributed by atoms with Gasteiger partial charge in [0.2, 0.25) is 4.80 Å². The quantitative estimate of drug-likeness (QED) is 0.0405. The summed E-state index contributed by atoms with van der Waals surface area (Å²) in [5.74, 6) is -2.10. The number of fused-ring (bicyclic) bond motifs is 1. The Morgan fingerprint density at radius 3 is 2.19 bits per heavy atom. The van der Waals surface area contributed by atoms with Crippen molar-refractivity contribution >= 4 is 87.9 Å². The maximum atomic E-state index is 14.3. The molecule has 25 heteroatoms. The third kappa shape index (κ3) is 18.5. The van der Waals surface area contributed by atoms with Crippen LogP contribution >= 0.6 is 42.3 Å². The first kappa shape index (κ1) is 53.2. The number of anilines is 1. The topological polar surface area (TPSA) is 274 Å².